The van der Waals surface area contributed by atoms with Crippen LogP contribution in [0.3, 0.4) is 0 Å². The van der Waals surface area contributed by atoms with E-state index in [-0.39, 0.29) is 12.1 Å². The number of rotatable bonds is 3. The van der Waals surface area contributed by atoms with Gasteiger partial charge in [-0.1, -0.05) is 0 Å². The molecule has 16 heavy (non-hydrogen) atoms. The van der Waals surface area contributed by atoms with Crippen LogP contribution in [0.25, 0.3) is 0 Å². The molecule has 4 aliphatic carbocycles. The van der Waals surface area contributed by atoms with E-state index >= 15 is 0 Å². The van der Waals surface area contributed by atoms with Crippen LogP contribution in [-0.4, -0.2) is 18.6 Å². The van der Waals surface area contributed by atoms with Crippen LogP contribution < -0.4 is 5.73 Å². The van der Waals surface area contributed by atoms with Crippen LogP contribution in [0.4, 0.5) is 0 Å². The third kappa shape index (κ3) is 1.75. The Labute approximate surface area is 96.7 Å². The maximum absolute atomic E-state index is 11.5. The van der Waals surface area contributed by atoms with Crippen molar-refractivity contribution in [3.8, 4) is 0 Å². The summed E-state index contributed by atoms with van der Waals surface area (Å²) < 4.78 is 5.65. The summed E-state index contributed by atoms with van der Waals surface area (Å²) in [5.74, 6) is 3.12. The quantitative estimate of drug-likeness (QED) is 0.741. The van der Waals surface area contributed by atoms with Crippen LogP contribution in [0.5, 0.6) is 0 Å². The normalized spacial score (nSPS) is 44.7. The maximum Gasteiger partial charge on any atom is 0.307 e. The summed E-state index contributed by atoms with van der Waals surface area (Å²) in [6.07, 6.45) is 7.24. The lowest BCUT2D eigenvalue weighted by atomic mass is 9.55. The minimum atomic E-state index is -0.0834. The van der Waals surface area contributed by atoms with Gasteiger partial charge in [0.1, 0.15) is 6.10 Å². The number of ether oxygens (including phenoxy) is 1. The Bertz CT molecular complexity index is 262. The topological polar surface area (TPSA) is 52.3 Å². The number of esters is 1. The third-order valence-corrected chi connectivity index (χ3v) is 4.76. The Morgan fingerprint density at radius 1 is 1.06 bits per heavy atom. The summed E-state index contributed by atoms with van der Waals surface area (Å²) in [7, 11) is 0. The second-order valence-corrected chi connectivity index (χ2v) is 5.92. The molecule has 0 heterocycles. The fourth-order valence-electron chi connectivity index (χ4n) is 4.40. The fourth-order valence-corrected chi connectivity index (χ4v) is 4.40. The van der Waals surface area contributed by atoms with Gasteiger partial charge in [-0.3, -0.25) is 4.79 Å². The Morgan fingerprint density at radius 3 is 2.12 bits per heavy atom. The van der Waals surface area contributed by atoms with Gasteiger partial charge in [0.2, 0.25) is 0 Å². The molecular weight excluding hydrogens is 202 g/mol. The second kappa shape index (κ2) is 4.02. The molecule has 3 heteroatoms. The van der Waals surface area contributed by atoms with Crippen molar-refractivity contribution >= 4 is 5.97 Å². The molecule has 4 fully saturated rings. The minimum Gasteiger partial charge on any atom is -0.462 e. The van der Waals surface area contributed by atoms with Crippen LogP contribution in [0.1, 0.15) is 38.5 Å². The van der Waals surface area contributed by atoms with E-state index in [4.69, 9.17) is 10.5 Å². The highest BCUT2D eigenvalue weighted by Gasteiger charge is 2.49. The molecule has 3 nitrogen and oxygen atoms in total. The van der Waals surface area contributed by atoms with Crippen LogP contribution >= 0.6 is 0 Å². The Morgan fingerprint density at radius 2 is 1.62 bits per heavy atom. The van der Waals surface area contributed by atoms with Gasteiger partial charge in [-0.25, -0.2) is 0 Å². The third-order valence-electron chi connectivity index (χ3n) is 4.76. The summed E-state index contributed by atoms with van der Waals surface area (Å²) in [5, 5.41) is 0. The number of carbonyl (C=O) groups is 1. The Kier molecular flexibility index (Phi) is 2.66. The zero-order valence-electron chi connectivity index (χ0n) is 9.73. The maximum atomic E-state index is 11.5. The predicted octanol–water partition coefficient (Wildman–Crippen LogP) is 1.70. The van der Waals surface area contributed by atoms with Gasteiger partial charge >= 0.3 is 5.97 Å². The van der Waals surface area contributed by atoms with E-state index in [2.05, 4.69) is 0 Å². The standard InChI is InChI=1S/C13H21NO2/c14-2-1-12(15)16-13-10-4-8-3-9(6-10)7-11(13)5-8/h8-11,13H,1-7,14H2. The molecule has 4 saturated carbocycles. The number of nitrogens with two attached hydrogens (primary N) is 1. The molecule has 0 radical (unpaired) electrons. The van der Waals surface area contributed by atoms with Gasteiger partial charge in [-0.2, -0.15) is 0 Å². The average molecular weight is 223 g/mol. The highest BCUT2D eigenvalue weighted by atomic mass is 16.5. The molecule has 0 saturated heterocycles. The van der Waals surface area contributed by atoms with Crippen molar-refractivity contribution in [1.82, 2.24) is 0 Å². The van der Waals surface area contributed by atoms with E-state index in [0.717, 1.165) is 11.8 Å². The second-order valence-electron chi connectivity index (χ2n) is 5.92. The molecule has 2 N–H and O–H groups in total. The van der Waals surface area contributed by atoms with E-state index < -0.39 is 0 Å². The van der Waals surface area contributed by atoms with Gasteiger partial charge in [0.25, 0.3) is 0 Å². The van der Waals surface area contributed by atoms with Crippen LogP contribution in [0, 0.1) is 23.7 Å². The first-order chi connectivity index (χ1) is 7.76. The molecule has 90 valence electrons. The van der Waals surface area contributed by atoms with E-state index in [1.165, 1.54) is 32.1 Å². The number of hydrogen-bond acceptors (Lipinski definition) is 3. The molecule has 0 unspecified atom stereocenters. The molecule has 4 rings (SSSR count). The van der Waals surface area contributed by atoms with E-state index in [9.17, 15) is 4.79 Å². The first kappa shape index (κ1) is 10.6. The largest absolute Gasteiger partial charge is 0.462 e. The summed E-state index contributed by atoms with van der Waals surface area (Å²) in [6.45, 7) is 0.409. The zero-order chi connectivity index (χ0) is 11.1. The van der Waals surface area contributed by atoms with Crippen LogP contribution in [0.2, 0.25) is 0 Å². The highest BCUT2D eigenvalue weighted by molar-refractivity contribution is 5.69. The SMILES string of the molecule is NCCC(=O)OC1C2CC3CC(C2)CC1C3. The molecule has 4 aliphatic rings. The smallest absolute Gasteiger partial charge is 0.307 e. The summed E-state index contributed by atoms with van der Waals surface area (Å²) in [4.78, 5) is 11.5. The molecule has 0 spiro atoms. The molecule has 0 atom stereocenters. The predicted molar refractivity (Wildman–Crippen MR) is 60.6 cm³/mol. The minimum absolute atomic E-state index is 0.0834. The molecule has 0 aromatic carbocycles. The molecule has 0 amide bonds. The zero-order valence-corrected chi connectivity index (χ0v) is 9.73. The lowest BCUT2D eigenvalue weighted by Crippen LogP contribution is -2.50. The van der Waals surface area contributed by atoms with Crippen molar-refractivity contribution < 1.29 is 9.53 Å². The van der Waals surface area contributed by atoms with Gasteiger partial charge < -0.3 is 10.5 Å². The van der Waals surface area contributed by atoms with Crippen molar-refractivity contribution in [3.63, 3.8) is 0 Å². The monoisotopic (exact) mass is 223 g/mol. The first-order valence-corrected chi connectivity index (χ1v) is 6.65. The fraction of sp³-hybridized carbons (Fsp3) is 0.923. The summed E-state index contributed by atoms with van der Waals surface area (Å²) in [5.41, 5.74) is 5.38. The number of carbonyl (C=O) groups excluding carboxylic acids is 1. The molecule has 0 aromatic rings. The van der Waals surface area contributed by atoms with E-state index in [1.54, 1.807) is 0 Å². The summed E-state index contributed by atoms with van der Waals surface area (Å²) >= 11 is 0. The van der Waals surface area contributed by atoms with Crippen LogP contribution in [0.15, 0.2) is 0 Å². The lowest BCUT2D eigenvalue weighted by molar-refractivity contribution is -0.170. The molecule has 4 bridgehead atoms. The lowest BCUT2D eigenvalue weighted by Gasteiger charge is -2.53. The van der Waals surface area contributed by atoms with Gasteiger partial charge in [0.05, 0.1) is 6.42 Å². The van der Waals surface area contributed by atoms with Crippen molar-refractivity contribution in [3.05, 3.63) is 0 Å². The van der Waals surface area contributed by atoms with E-state index in [0.29, 0.717) is 24.8 Å². The number of hydrogen-bond donors (Lipinski definition) is 1. The van der Waals surface area contributed by atoms with Gasteiger partial charge in [0, 0.05) is 6.54 Å². The Balaban J connectivity index is 1.65. The Hall–Kier alpha value is -0.570. The van der Waals surface area contributed by atoms with Gasteiger partial charge in [-0.15, -0.1) is 0 Å². The van der Waals surface area contributed by atoms with Gasteiger partial charge in [0.15, 0.2) is 0 Å². The van der Waals surface area contributed by atoms with Gasteiger partial charge in [-0.05, 0) is 55.8 Å². The highest BCUT2D eigenvalue weighted by Crippen LogP contribution is 2.54. The van der Waals surface area contributed by atoms with Crippen LogP contribution in [-0.2, 0) is 9.53 Å². The van der Waals surface area contributed by atoms with Crippen molar-refractivity contribution in [2.24, 2.45) is 29.4 Å². The average Bonchev–Trinajstić information content (AvgIpc) is 2.23. The molecule has 0 aromatic heterocycles. The summed E-state index contributed by atoms with van der Waals surface area (Å²) in [6, 6.07) is 0. The molecular formula is C13H21NO2. The van der Waals surface area contributed by atoms with Crippen molar-refractivity contribution in [1.29, 1.82) is 0 Å². The molecule has 0 aliphatic heterocycles. The van der Waals surface area contributed by atoms with Crippen molar-refractivity contribution in [2.75, 3.05) is 6.54 Å². The van der Waals surface area contributed by atoms with E-state index in [1.807, 2.05) is 0 Å². The first-order valence-electron chi connectivity index (χ1n) is 6.65. The van der Waals surface area contributed by atoms with Crippen molar-refractivity contribution in [2.45, 2.75) is 44.6 Å².